The predicted octanol–water partition coefficient (Wildman–Crippen LogP) is 2.57. The molecule has 0 aliphatic carbocycles. The highest BCUT2D eigenvalue weighted by molar-refractivity contribution is 5.54. The second-order valence-electron chi connectivity index (χ2n) is 6.47. The number of nitrogens with one attached hydrogen (secondary N) is 1. The Morgan fingerprint density at radius 3 is 2.90 bits per heavy atom. The zero-order valence-electron chi connectivity index (χ0n) is 12.9. The Morgan fingerprint density at radius 1 is 1.30 bits per heavy atom. The van der Waals surface area contributed by atoms with Gasteiger partial charge in [0.1, 0.15) is 0 Å². The Hall–Kier alpha value is -1.06. The third-order valence-corrected chi connectivity index (χ3v) is 4.85. The van der Waals surface area contributed by atoms with Crippen molar-refractivity contribution in [3.8, 4) is 0 Å². The number of likely N-dealkylation sites (tertiary alicyclic amines) is 1. The van der Waals surface area contributed by atoms with E-state index in [4.69, 9.17) is 0 Å². The molecule has 2 aliphatic heterocycles. The van der Waals surface area contributed by atoms with Crippen LogP contribution in [0.25, 0.3) is 0 Å². The number of hydrogen-bond donors (Lipinski definition) is 1. The summed E-state index contributed by atoms with van der Waals surface area (Å²) < 4.78 is 0. The largest absolute Gasteiger partial charge is 0.385 e. The van der Waals surface area contributed by atoms with Crippen molar-refractivity contribution >= 4 is 5.69 Å². The maximum absolute atomic E-state index is 3.49. The van der Waals surface area contributed by atoms with Crippen LogP contribution in [0.2, 0.25) is 0 Å². The first-order valence-electron chi connectivity index (χ1n) is 7.97. The van der Waals surface area contributed by atoms with Crippen molar-refractivity contribution in [2.75, 3.05) is 39.0 Å². The molecule has 3 nitrogen and oxygen atoms in total. The SMILES string of the molecule is CN1CCC(N(C)Cc2ccc3c(c2)CCCN3)CC1. The van der Waals surface area contributed by atoms with Crippen molar-refractivity contribution in [3.63, 3.8) is 0 Å². The van der Waals surface area contributed by atoms with Crippen LogP contribution in [0.3, 0.4) is 0 Å². The molecular formula is C17H27N3. The van der Waals surface area contributed by atoms with Gasteiger partial charge in [-0.15, -0.1) is 0 Å². The van der Waals surface area contributed by atoms with Crippen LogP contribution in [0.4, 0.5) is 5.69 Å². The van der Waals surface area contributed by atoms with E-state index < -0.39 is 0 Å². The summed E-state index contributed by atoms with van der Waals surface area (Å²) in [5.74, 6) is 0. The molecule has 0 saturated carbocycles. The van der Waals surface area contributed by atoms with Gasteiger partial charge >= 0.3 is 0 Å². The Labute approximate surface area is 123 Å². The lowest BCUT2D eigenvalue weighted by atomic mass is 9.99. The summed E-state index contributed by atoms with van der Waals surface area (Å²) in [5, 5.41) is 3.49. The van der Waals surface area contributed by atoms with Crippen LogP contribution in [0.5, 0.6) is 0 Å². The zero-order chi connectivity index (χ0) is 13.9. The van der Waals surface area contributed by atoms with Crippen LogP contribution < -0.4 is 5.32 Å². The third kappa shape index (κ3) is 3.15. The van der Waals surface area contributed by atoms with E-state index >= 15 is 0 Å². The highest BCUT2D eigenvalue weighted by Gasteiger charge is 2.20. The number of anilines is 1. The fraction of sp³-hybridized carbons (Fsp3) is 0.647. The van der Waals surface area contributed by atoms with E-state index in [1.807, 2.05) is 0 Å². The Kier molecular flexibility index (Phi) is 4.27. The van der Waals surface area contributed by atoms with E-state index in [2.05, 4.69) is 47.4 Å². The van der Waals surface area contributed by atoms with Gasteiger partial charge in [0.05, 0.1) is 0 Å². The molecule has 20 heavy (non-hydrogen) atoms. The van der Waals surface area contributed by atoms with Gasteiger partial charge in [-0.25, -0.2) is 0 Å². The first-order valence-corrected chi connectivity index (χ1v) is 7.97. The molecule has 2 heterocycles. The lowest BCUT2D eigenvalue weighted by molar-refractivity contribution is 0.139. The van der Waals surface area contributed by atoms with Crippen molar-refractivity contribution in [3.05, 3.63) is 29.3 Å². The summed E-state index contributed by atoms with van der Waals surface area (Å²) in [4.78, 5) is 4.99. The molecule has 1 fully saturated rings. The van der Waals surface area contributed by atoms with E-state index in [0.29, 0.717) is 0 Å². The maximum atomic E-state index is 3.49. The molecule has 0 bridgehead atoms. The lowest BCUT2D eigenvalue weighted by Gasteiger charge is -2.35. The van der Waals surface area contributed by atoms with Gasteiger partial charge in [0.2, 0.25) is 0 Å². The number of piperidine rings is 1. The van der Waals surface area contributed by atoms with Crippen LogP contribution in [0, 0.1) is 0 Å². The summed E-state index contributed by atoms with van der Waals surface area (Å²) in [6.07, 6.45) is 5.11. The van der Waals surface area contributed by atoms with Gasteiger partial charge in [0.25, 0.3) is 0 Å². The first kappa shape index (κ1) is 13.9. The minimum atomic E-state index is 0.750. The fourth-order valence-electron chi connectivity index (χ4n) is 3.48. The number of nitrogens with zero attached hydrogens (tertiary/aromatic N) is 2. The zero-order valence-corrected chi connectivity index (χ0v) is 12.9. The minimum Gasteiger partial charge on any atom is -0.385 e. The third-order valence-electron chi connectivity index (χ3n) is 4.85. The molecule has 0 unspecified atom stereocenters. The highest BCUT2D eigenvalue weighted by atomic mass is 15.2. The van der Waals surface area contributed by atoms with Gasteiger partial charge in [0.15, 0.2) is 0 Å². The van der Waals surface area contributed by atoms with Gasteiger partial charge in [-0.3, -0.25) is 4.90 Å². The van der Waals surface area contributed by atoms with E-state index in [9.17, 15) is 0 Å². The van der Waals surface area contributed by atoms with Crippen LogP contribution in [0.15, 0.2) is 18.2 Å². The van der Waals surface area contributed by atoms with Crippen LogP contribution >= 0.6 is 0 Å². The monoisotopic (exact) mass is 273 g/mol. The molecule has 1 aromatic carbocycles. The quantitative estimate of drug-likeness (QED) is 0.913. The Balaban J connectivity index is 1.62. The molecule has 0 spiro atoms. The molecule has 3 heteroatoms. The normalized spacial score (nSPS) is 20.8. The van der Waals surface area contributed by atoms with E-state index in [-0.39, 0.29) is 0 Å². The average molecular weight is 273 g/mol. The molecule has 2 aliphatic rings. The number of rotatable bonds is 3. The number of hydrogen-bond acceptors (Lipinski definition) is 3. The standard InChI is InChI=1S/C17H27N3/c1-19-10-7-16(8-11-19)20(2)13-14-5-6-17-15(12-14)4-3-9-18-17/h5-6,12,16,18H,3-4,7-11,13H2,1-2H3. The molecule has 0 amide bonds. The second-order valence-corrected chi connectivity index (χ2v) is 6.47. The molecular weight excluding hydrogens is 246 g/mol. The smallest absolute Gasteiger partial charge is 0.0372 e. The number of aryl methyl sites for hydroxylation is 1. The first-order chi connectivity index (χ1) is 9.72. The molecule has 0 atom stereocenters. The lowest BCUT2D eigenvalue weighted by Crippen LogP contribution is -2.41. The fourth-order valence-corrected chi connectivity index (χ4v) is 3.48. The van der Waals surface area contributed by atoms with Crippen LogP contribution in [-0.4, -0.2) is 49.6 Å². The summed E-state index contributed by atoms with van der Waals surface area (Å²) in [6.45, 7) is 4.69. The van der Waals surface area contributed by atoms with E-state index in [1.54, 1.807) is 0 Å². The average Bonchev–Trinajstić information content (AvgIpc) is 2.48. The predicted molar refractivity (Wildman–Crippen MR) is 85.2 cm³/mol. The Bertz CT molecular complexity index is 450. The van der Waals surface area contributed by atoms with Crippen molar-refractivity contribution in [1.29, 1.82) is 0 Å². The van der Waals surface area contributed by atoms with E-state index in [1.165, 1.54) is 55.6 Å². The number of benzene rings is 1. The van der Waals surface area contributed by atoms with Gasteiger partial charge < -0.3 is 10.2 Å². The van der Waals surface area contributed by atoms with Crippen molar-refractivity contribution < 1.29 is 0 Å². The van der Waals surface area contributed by atoms with Gasteiger partial charge in [0, 0.05) is 24.8 Å². The van der Waals surface area contributed by atoms with Gasteiger partial charge in [-0.2, -0.15) is 0 Å². The van der Waals surface area contributed by atoms with Crippen molar-refractivity contribution in [2.24, 2.45) is 0 Å². The van der Waals surface area contributed by atoms with Gasteiger partial charge in [-0.05, 0) is 70.1 Å². The minimum absolute atomic E-state index is 0.750. The number of fused-ring (bicyclic) bond motifs is 1. The molecule has 1 N–H and O–H groups in total. The molecule has 110 valence electrons. The highest BCUT2D eigenvalue weighted by Crippen LogP contribution is 2.24. The second kappa shape index (κ2) is 6.15. The molecule has 3 rings (SSSR count). The molecule has 0 radical (unpaired) electrons. The van der Waals surface area contributed by atoms with Gasteiger partial charge in [-0.1, -0.05) is 12.1 Å². The van der Waals surface area contributed by atoms with E-state index in [0.717, 1.165) is 19.1 Å². The summed E-state index contributed by atoms with van der Waals surface area (Å²) in [6, 6.07) is 7.72. The van der Waals surface area contributed by atoms with Crippen molar-refractivity contribution in [2.45, 2.75) is 38.3 Å². The summed E-state index contributed by atoms with van der Waals surface area (Å²) in [7, 11) is 4.51. The van der Waals surface area contributed by atoms with Crippen LogP contribution in [0.1, 0.15) is 30.4 Å². The summed E-state index contributed by atoms with van der Waals surface area (Å²) >= 11 is 0. The summed E-state index contributed by atoms with van der Waals surface area (Å²) in [5.41, 5.74) is 4.32. The molecule has 0 aromatic heterocycles. The topological polar surface area (TPSA) is 18.5 Å². The molecule has 1 saturated heterocycles. The van der Waals surface area contributed by atoms with Crippen LogP contribution in [-0.2, 0) is 13.0 Å². The molecule has 1 aromatic rings. The van der Waals surface area contributed by atoms with Crippen molar-refractivity contribution in [1.82, 2.24) is 9.80 Å². The Morgan fingerprint density at radius 2 is 2.10 bits per heavy atom. The maximum Gasteiger partial charge on any atom is 0.0372 e.